The number of halogens is 1. The molecule has 0 aromatic rings. The Labute approximate surface area is 223 Å². The highest BCUT2D eigenvalue weighted by atomic mass is 32.3. The molecule has 3 nitrogen and oxygen atoms in total. The summed E-state index contributed by atoms with van der Waals surface area (Å²) < 4.78 is 41.6. The van der Waals surface area contributed by atoms with Crippen molar-refractivity contribution in [2.24, 2.45) is 0 Å². The van der Waals surface area contributed by atoms with Crippen molar-refractivity contribution in [2.75, 3.05) is 34.5 Å². The van der Waals surface area contributed by atoms with Crippen molar-refractivity contribution in [3.8, 4) is 0 Å². The second-order valence-electron chi connectivity index (χ2n) is 10.1. The predicted octanol–water partition coefficient (Wildman–Crippen LogP) is 11.9. The van der Waals surface area contributed by atoms with Crippen molar-refractivity contribution < 1.29 is 16.7 Å². The van der Waals surface area contributed by atoms with Gasteiger partial charge in [0.05, 0.1) is 0 Å². The molecule has 0 radical (unpaired) electrons. The van der Waals surface area contributed by atoms with Gasteiger partial charge in [-0.25, -0.2) is 12.5 Å². The molecular weight excluding hydrogens is 498 g/mol. The van der Waals surface area contributed by atoms with Crippen LogP contribution in [0.3, 0.4) is 0 Å². The number of hydrogen-bond acceptors (Lipinski definition) is 3. The molecule has 0 unspecified atom stereocenters. The lowest BCUT2D eigenvalue weighted by Gasteiger charge is -2.43. The van der Waals surface area contributed by atoms with Crippen LogP contribution >= 0.6 is 28.5 Å². The van der Waals surface area contributed by atoms with Gasteiger partial charge in [0.1, 0.15) is 0 Å². The Bertz CT molecular complexity index is 470. The lowest BCUT2D eigenvalue weighted by molar-refractivity contribution is 0.364. The summed E-state index contributed by atoms with van der Waals surface area (Å²) in [4.78, 5) is 0. The van der Waals surface area contributed by atoms with Crippen LogP contribution in [0.25, 0.3) is 0 Å². The first-order chi connectivity index (χ1) is 16.8. The molecule has 0 rings (SSSR count). The highest BCUT2D eigenvalue weighted by molar-refractivity contribution is 8.33. The molecule has 0 aromatic carbocycles. The van der Waals surface area contributed by atoms with Crippen molar-refractivity contribution in [2.45, 2.75) is 144 Å². The molecule has 0 saturated heterocycles. The van der Waals surface area contributed by atoms with Crippen molar-refractivity contribution in [3.05, 3.63) is 0 Å². The Morgan fingerprint density at radius 3 is 0.943 bits per heavy atom. The van der Waals surface area contributed by atoms with Gasteiger partial charge in [-0.1, -0.05) is 119 Å². The summed E-state index contributed by atoms with van der Waals surface area (Å²) in [7, 11) is -8.10. The Morgan fingerprint density at radius 1 is 0.486 bits per heavy atom. The first-order valence-electron chi connectivity index (χ1n) is 15.0. The molecule has 0 saturated carbocycles. The number of unbranched alkanes of at least 4 members (excludes halogenated alkanes) is 12. The maximum absolute atomic E-state index is 15.9. The first-order valence-corrected chi connectivity index (χ1v) is 20.6. The van der Waals surface area contributed by atoms with E-state index in [2.05, 4.69) is 41.5 Å². The average Bonchev–Trinajstić information content (AvgIpc) is 2.84. The van der Waals surface area contributed by atoms with Gasteiger partial charge in [0.25, 0.3) is 0 Å². The Morgan fingerprint density at radius 2 is 0.743 bits per heavy atom. The molecule has 0 aliphatic rings. The smallest absolute Gasteiger partial charge is 0.233 e. The minimum Gasteiger partial charge on any atom is -0.233 e. The summed E-state index contributed by atoms with van der Waals surface area (Å²) in [6.45, 7) is 13.0. The zero-order chi connectivity index (χ0) is 26.5. The van der Waals surface area contributed by atoms with E-state index in [1.54, 1.807) is 0 Å². The maximum Gasteiger partial charge on any atom is 0.532 e. The van der Waals surface area contributed by atoms with E-state index in [4.69, 9.17) is 7.94 Å². The molecular formula is C28H62FO3PS2. The minimum absolute atomic E-state index is 0.768. The fourth-order valence-electron chi connectivity index (χ4n) is 4.59. The fourth-order valence-corrected chi connectivity index (χ4v) is 14.5. The van der Waals surface area contributed by atoms with Crippen LogP contribution in [0, 0.1) is 0 Å². The van der Waals surface area contributed by atoms with E-state index in [0.717, 1.165) is 85.9 Å². The standard InChI is InChI=1S/C28H62FO3PS2/c1-7-13-17-21-25-34(11-5,26-22-18-14-8-2)31-33(29,30)32-35(12-6,27-23-19-15-9-3)28-24-20-16-10-4/h7-28H2,1-6H3. The molecule has 0 bridgehead atoms. The molecule has 0 spiro atoms. The van der Waals surface area contributed by atoms with Crippen LogP contribution in [0.4, 0.5) is 4.20 Å². The summed E-state index contributed by atoms with van der Waals surface area (Å²) in [5.41, 5.74) is 0. The lowest BCUT2D eigenvalue weighted by atomic mass is 10.2. The summed E-state index contributed by atoms with van der Waals surface area (Å²) in [5.74, 6) is 4.96. The fraction of sp³-hybridized carbons (Fsp3) is 1.00. The number of hydrogen-bond donors (Lipinski definition) is 0. The largest absolute Gasteiger partial charge is 0.532 e. The van der Waals surface area contributed by atoms with Gasteiger partial charge in [-0.05, 0) is 60.2 Å². The molecule has 7 heteroatoms. The average molecular weight is 561 g/mol. The third-order valence-electron chi connectivity index (χ3n) is 7.03. The normalized spacial score (nSPS) is 13.9. The molecule has 0 aliphatic heterocycles. The van der Waals surface area contributed by atoms with Gasteiger partial charge in [0.2, 0.25) is 0 Å². The summed E-state index contributed by atoms with van der Waals surface area (Å²) in [6.07, 6.45) is 18.2. The molecule has 0 heterocycles. The Balaban J connectivity index is 5.54. The van der Waals surface area contributed by atoms with Gasteiger partial charge < -0.3 is 0 Å². The second kappa shape index (κ2) is 21.7. The van der Waals surface area contributed by atoms with Gasteiger partial charge in [-0.15, -0.1) is 24.8 Å². The highest BCUT2D eigenvalue weighted by Crippen LogP contribution is 2.73. The zero-order valence-electron chi connectivity index (χ0n) is 24.4. The maximum atomic E-state index is 15.9. The van der Waals surface area contributed by atoms with Crippen molar-refractivity contribution >= 4 is 28.5 Å². The quantitative estimate of drug-likeness (QED) is 0.0779. The van der Waals surface area contributed by atoms with E-state index in [1.165, 1.54) is 51.4 Å². The van der Waals surface area contributed by atoms with E-state index < -0.39 is 28.5 Å². The van der Waals surface area contributed by atoms with Gasteiger partial charge in [0.15, 0.2) is 0 Å². The van der Waals surface area contributed by atoms with E-state index >= 15 is 4.20 Å². The van der Waals surface area contributed by atoms with Gasteiger partial charge in [0, 0.05) is 0 Å². The topological polar surface area (TPSA) is 35.5 Å². The molecule has 35 heavy (non-hydrogen) atoms. The Kier molecular flexibility index (Phi) is 22.2. The molecule has 0 atom stereocenters. The van der Waals surface area contributed by atoms with E-state index in [-0.39, 0.29) is 0 Å². The minimum atomic E-state index is -4.62. The first kappa shape index (κ1) is 35.8. The van der Waals surface area contributed by atoms with Crippen molar-refractivity contribution in [1.29, 1.82) is 0 Å². The summed E-state index contributed by atoms with van der Waals surface area (Å²) in [6, 6.07) is 0. The molecule has 0 N–H and O–H groups in total. The number of rotatable bonds is 26. The van der Waals surface area contributed by atoms with E-state index in [0.29, 0.717) is 0 Å². The van der Waals surface area contributed by atoms with Gasteiger partial charge in [-0.2, -0.15) is 0 Å². The van der Waals surface area contributed by atoms with Crippen molar-refractivity contribution in [1.82, 2.24) is 0 Å². The predicted molar refractivity (Wildman–Crippen MR) is 163 cm³/mol. The van der Waals surface area contributed by atoms with E-state index in [9.17, 15) is 4.57 Å². The van der Waals surface area contributed by atoms with Gasteiger partial charge >= 0.3 is 7.91 Å². The van der Waals surface area contributed by atoms with Crippen molar-refractivity contribution in [3.63, 3.8) is 0 Å². The lowest BCUT2D eigenvalue weighted by Crippen LogP contribution is -2.18. The third-order valence-corrected chi connectivity index (χ3v) is 17.2. The summed E-state index contributed by atoms with van der Waals surface area (Å²) in [5, 5.41) is 0. The van der Waals surface area contributed by atoms with Crippen LogP contribution in [0.15, 0.2) is 0 Å². The molecule has 0 fully saturated rings. The third kappa shape index (κ3) is 17.1. The van der Waals surface area contributed by atoms with Crippen LogP contribution in [0.2, 0.25) is 0 Å². The SMILES string of the molecule is CCCCCCS(CC)(CCCCCC)OP(=O)(F)OS(CC)(CCCCCC)CCCCCC. The molecule has 216 valence electrons. The molecule has 0 aromatic heterocycles. The highest BCUT2D eigenvalue weighted by Gasteiger charge is 2.41. The molecule has 0 amide bonds. The van der Waals surface area contributed by atoms with Crippen LogP contribution < -0.4 is 0 Å². The van der Waals surface area contributed by atoms with Crippen LogP contribution in [-0.4, -0.2) is 34.5 Å². The zero-order valence-corrected chi connectivity index (χ0v) is 27.0. The molecule has 0 aliphatic carbocycles. The Hall–Kier alpha value is 0.780. The van der Waals surface area contributed by atoms with E-state index in [1.807, 2.05) is 0 Å². The van der Waals surface area contributed by atoms with Gasteiger partial charge in [-0.3, -0.25) is 0 Å². The van der Waals surface area contributed by atoms with Crippen LogP contribution in [0.1, 0.15) is 144 Å². The summed E-state index contributed by atoms with van der Waals surface area (Å²) >= 11 is 0. The van der Waals surface area contributed by atoms with Crippen LogP contribution in [-0.2, 0) is 12.5 Å². The second-order valence-corrected chi connectivity index (χ2v) is 18.9. The monoisotopic (exact) mass is 560 g/mol. The van der Waals surface area contributed by atoms with Crippen LogP contribution in [0.5, 0.6) is 0 Å².